The first-order valence-electron chi connectivity index (χ1n) is 6.24. The minimum absolute atomic E-state index is 0.0373. The normalized spacial score (nSPS) is 12.1. The Kier molecular flexibility index (Phi) is 5.10. The van der Waals surface area contributed by atoms with Crippen LogP contribution in [0.4, 0.5) is 0 Å². The van der Waals surface area contributed by atoms with Crippen molar-refractivity contribution in [3.63, 3.8) is 0 Å². The average molecular weight is 307 g/mol. The Bertz CT molecular complexity index is 635. The molecule has 0 amide bonds. The lowest BCUT2D eigenvalue weighted by Gasteiger charge is -2.04. The van der Waals surface area contributed by atoms with Crippen LogP contribution in [0.1, 0.15) is 21.5 Å². The highest BCUT2D eigenvalue weighted by Crippen LogP contribution is 2.12. The topological polar surface area (TPSA) is 34.1 Å². The van der Waals surface area contributed by atoms with Gasteiger partial charge in [0, 0.05) is 27.1 Å². The Hall–Kier alpha value is -1.45. The van der Waals surface area contributed by atoms with Crippen molar-refractivity contribution in [2.45, 2.75) is 12.7 Å². The summed E-state index contributed by atoms with van der Waals surface area (Å²) in [6.07, 6.45) is 0. The molecule has 0 radical (unpaired) electrons. The summed E-state index contributed by atoms with van der Waals surface area (Å²) >= 11 is 5.77. The van der Waals surface area contributed by atoms with E-state index in [1.165, 1.54) is 0 Å². The molecule has 0 saturated heterocycles. The van der Waals surface area contributed by atoms with E-state index in [-0.39, 0.29) is 11.5 Å². The third-order valence-corrected chi connectivity index (χ3v) is 4.36. The van der Waals surface area contributed by atoms with Crippen LogP contribution in [0.3, 0.4) is 0 Å². The Morgan fingerprint density at radius 2 is 1.85 bits per heavy atom. The summed E-state index contributed by atoms with van der Waals surface area (Å²) in [5.41, 5.74) is 2.67. The second kappa shape index (κ2) is 6.82. The van der Waals surface area contributed by atoms with Crippen LogP contribution in [0.25, 0.3) is 0 Å². The molecule has 2 aromatic rings. The van der Waals surface area contributed by atoms with Crippen molar-refractivity contribution >= 4 is 28.2 Å². The van der Waals surface area contributed by atoms with E-state index in [1.54, 1.807) is 24.3 Å². The molecule has 20 heavy (non-hydrogen) atoms. The zero-order valence-electron chi connectivity index (χ0n) is 11.1. The van der Waals surface area contributed by atoms with Gasteiger partial charge in [-0.05, 0) is 36.8 Å². The molecule has 0 aliphatic heterocycles. The standard InChI is InChI=1S/C16H15ClO2S/c1-12-3-2-4-13(9-12)10-20(19)11-16(18)14-5-7-15(17)8-6-14/h2-9H,10-11H2,1H3. The second-order valence-electron chi connectivity index (χ2n) is 4.65. The van der Waals surface area contributed by atoms with Gasteiger partial charge in [0.05, 0.1) is 5.75 Å². The molecule has 0 N–H and O–H groups in total. The van der Waals surface area contributed by atoms with Crippen LogP contribution in [0, 0.1) is 6.92 Å². The molecule has 2 nitrogen and oxygen atoms in total. The van der Waals surface area contributed by atoms with Crippen molar-refractivity contribution in [3.05, 3.63) is 70.2 Å². The van der Waals surface area contributed by atoms with Crippen molar-refractivity contribution in [2.75, 3.05) is 5.75 Å². The first kappa shape index (κ1) is 14.9. The second-order valence-corrected chi connectivity index (χ2v) is 6.54. The lowest BCUT2D eigenvalue weighted by Crippen LogP contribution is -2.12. The van der Waals surface area contributed by atoms with E-state index in [1.807, 2.05) is 31.2 Å². The van der Waals surface area contributed by atoms with Crippen molar-refractivity contribution in [1.29, 1.82) is 0 Å². The van der Waals surface area contributed by atoms with Gasteiger partial charge >= 0.3 is 0 Å². The van der Waals surface area contributed by atoms with Crippen LogP contribution in [0.15, 0.2) is 48.5 Å². The van der Waals surface area contributed by atoms with Gasteiger partial charge in [-0.25, -0.2) is 0 Å². The fourth-order valence-electron chi connectivity index (χ4n) is 1.90. The number of rotatable bonds is 5. The Morgan fingerprint density at radius 1 is 1.15 bits per heavy atom. The van der Waals surface area contributed by atoms with E-state index in [0.29, 0.717) is 16.3 Å². The Morgan fingerprint density at radius 3 is 2.50 bits per heavy atom. The van der Waals surface area contributed by atoms with Crippen molar-refractivity contribution in [2.24, 2.45) is 0 Å². The molecule has 104 valence electrons. The number of aryl methyl sites for hydroxylation is 1. The van der Waals surface area contributed by atoms with Crippen LogP contribution >= 0.6 is 11.6 Å². The highest BCUT2D eigenvalue weighted by molar-refractivity contribution is 7.85. The maximum atomic E-state index is 12.0. The summed E-state index contributed by atoms with van der Waals surface area (Å²) in [6, 6.07) is 14.5. The molecule has 0 heterocycles. The number of hydrogen-bond acceptors (Lipinski definition) is 2. The molecule has 0 saturated carbocycles. The average Bonchev–Trinajstić information content (AvgIpc) is 2.39. The maximum absolute atomic E-state index is 12.0. The molecule has 2 aromatic carbocycles. The number of carbonyl (C=O) groups is 1. The van der Waals surface area contributed by atoms with Gasteiger partial charge in [-0.3, -0.25) is 9.00 Å². The van der Waals surface area contributed by atoms with Crippen molar-refractivity contribution in [3.8, 4) is 0 Å². The van der Waals surface area contributed by atoms with Crippen LogP contribution in [0.2, 0.25) is 5.02 Å². The van der Waals surface area contributed by atoms with E-state index in [4.69, 9.17) is 11.6 Å². The number of benzene rings is 2. The summed E-state index contributed by atoms with van der Waals surface area (Å²) < 4.78 is 12.0. The zero-order valence-corrected chi connectivity index (χ0v) is 12.7. The Balaban J connectivity index is 1.97. The summed E-state index contributed by atoms with van der Waals surface area (Å²) in [4.78, 5) is 12.0. The molecule has 0 fully saturated rings. The van der Waals surface area contributed by atoms with Crippen LogP contribution < -0.4 is 0 Å². The number of carbonyl (C=O) groups excluding carboxylic acids is 1. The molecule has 0 spiro atoms. The molecule has 0 aliphatic rings. The summed E-state index contributed by atoms with van der Waals surface area (Å²) in [6.45, 7) is 1.99. The molecule has 0 aliphatic carbocycles. The van der Waals surface area contributed by atoms with Gasteiger partial charge in [-0.2, -0.15) is 0 Å². The minimum Gasteiger partial charge on any atom is -0.293 e. The minimum atomic E-state index is -1.20. The Labute approximate surface area is 126 Å². The van der Waals surface area contributed by atoms with Gasteiger partial charge in [0.2, 0.25) is 0 Å². The first-order valence-corrected chi connectivity index (χ1v) is 8.10. The van der Waals surface area contributed by atoms with Crippen molar-refractivity contribution in [1.82, 2.24) is 0 Å². The highest BCUT2D eigenvalue weighted by Gasteiger charge is 2.11. The highest BCUT2D eigenvalue weighted by atomic mass is 35.5. The quantitative estimate of drug-likeness (QED) is 0.788. The third kappa shape index (κ3) is 4.29. The van der Waals surface area contributed by atoms with Gasteiger partial charge in [-0.1, -0.05) is 41.4 Å². The largest absolute Gasteiger partial charge is 0.293 e. The fraction of sp³-hybridized carbons (Fsp3) is 0.188. The summed E-state index contributed by atoms with van der Waals surface area (Å²) in [5.74, 6) is 0.323. The molecule has 4 heteroatoms. The maximum Gasteiger partial charge on any atom is 0.175 e. The smallest absolute Gasteiger partial charge is 0.175 e. The molecular formula is C16H15ClO2S. The number of hydrogen-bond donors (Lipinski definition) is 0. The predicted octanol–water partition coefficient (Wildman–Crippen LogP) is 3.78. The van der Waals surface area contributed by atoms with Gasteiger partial charge in [0.25, 0.3) is 0 Å². The number of Topliss-reactive ketones (excluding diaryl/α,β-unsaturated/α-hetero) is 1. The lowest BCUT2D eigenvalue weighted by atomic mass is 10.1. The zero-order chi connectivity index (χ0) is 14.5. The van der Waals surface area contributed by atoms with Crippen LogP contribution in [0.5, 0.6) is 0 Å². The molecular weight excluding hydrogens is 292 g/mol. The molecule has 0 aromatic heterocycles. The van der Waals surface area contributed by atoms with E-state index >= 15 is 0 Å². The van der Waals surface area contributed by atoms with E-state index in [9.17, 15) is 9.00 Å². The van der Waals surface area contributed by atoms with E-state index in [2.05, 4.69) is 0 Å². The third-order valence-electron chi connectivity index (χ3n) is 2.87. The fourth-order valence-corrected chi connectivity index (χ4v) is 3.14. The predicted molar refractivity (Wildman–Crippen MR) is 83.7 cm³/mol. The molecule has 2 rings (SSSR count). The van der Waals surface area contributed by atoms with E-state index in [0.717, 1.165) is 11.1 Å². The summed E-state index contributed by atoms with van der Waals surface area (Å²) in [7, 11) is -1.20. The van der Waals surface area contributed by atoms with Crippen molar-refractivity contribution < 1.29 is 9.00 Å². The SMILES string of the molecule is Cc1cccc(CS(=O)CC(=O)c2ccc(Cl)cc2)c1. The van der Waals surface area contributed by atoms with Gasteiger partial charge < -0.3 is 0 Å². The monoisotopic (exact) mass is 306 g/mol. The van der Waals surface area contributed by atoms with Crippen LogP contribution in [-0.2, 0) is 16.6 Å². The van der Waals surface area contributed by atoms with E-state index < -0.39 is 10.8 Å². The van der Waals surface area contributed by atoms with Gasteiger partial charge in [0.15, 0.2) is 5.78 Å². The molecule has 1 atom stereocenters. The van der Waals surface area contributed by atoms with Gasteiger partial charge in [-0.15, -0.1) is 0 Å². The number of ketones is 1. The number of halogens is 1. The molecule has 1 unspecified atom stereocenters. The van der Waals surface area contributed by atoms with Crippen LogP contribution in [-0.4, -0.2) is 15.7 Å². The lowest BCUT2D eigenvalue weighted by molar-refractivity contribution is 0.102. The summed E-state index contributed by atoms with van der Waals surface area (Å²) in [5, 5.41) is 0.586. The first-order chi connectivity index (χ1) is 9.54. The van der Waals surface area contributed by atoms with Gasteiger partial charge in [0.1, 0.15) is 0 Å². The molecule has 0 bridgehead atoms.